The molecule has 112 valence electrons. The fraction of sp³-hybridized carbons (Fsp3) is 0.562. The molecular formula is C16H24O4. The Labute approximate surface area is 121 Å². The molecule has 1 aromatic rings. The first-order valence-corrected chi connectivity index (χ1v) is 7.18. The van der Waals surface area contributed by atoms with Crippen LogP contribution >= 0.6 is 0 Å². The first-order valence-electron chi connectivity index (χ1n) is 7.18. The van der Waals surface area contributed by atoms with E-state index in [2.05, 4.69) is 0 Å². The van der Waals surface area contributed by atoms with E-state index in [1.807, 2.05) is 24.3 Å². The summed E-state index contributed by atoms with van der Waals surface area (Å²) in [6, 6.07) is 7.58. The van der Waals surface area contributed by atoms with Crippen molar-refractivity contribution in [3.8, 4) is 11.5 Å². The molecule has 0 aliphatic heterocycles. The van der Waals surface area contributed by atoms with Gasteiger partial charge in [0.15, 0.2) is 0 Å². The Balaban J connectivity index is 1.97. The highest BCUT2D eigenvalue weighted by Gasteiger charge is 1.98. The molecule has 0 aromatic heterocycles. The lowest BCUT2D eigenvalue weighted by atomic mass is 10.2. The number of unbranched alkanes of at least 4 members (excludes halogenated alkanes) is 3. The van der Waals surface area contributed by atoms with Crippen LogP contribution in [0.4, 0.5) is 0 Å². The maximum Gasteiger partial charge on any atom is 0.305 e. The molecule has 4 heteroatoms. The van der Waals surface area contributed by atoms with Gasteiger partial charge in [0, 0.05) is 6.42 Å². The van der Waals surface area contributed by atoms with E-state index >= 15 is 0 Å². The molecule has 0 fully saturated rings. The molecule has 0 spiro atoms. The van der Waals surface area contributed by atoms with Crippen LogP contribution in [-0.2, 0) is 9.53 Å². The Morgan fingerprint density at radius 3 is 2.15 bits per heavy atom. The number of methoxy groups -OCH3 is 1. The second-order valence-electron chi connectivity index (χ2n) is 4.51. The van der Waals surface area contributed by atoms with Gasteiger partial charge in [-0.15, -0.1) is 0 Å². The van der Waals surface area contributed by atoms with Crippen LogP contribution in [0.25, 0.3) is 0 Å². The predicted octanol–water partition coefficient (Wildman–Crippen LogP) is 3.59. The molecule has 0 saturated heterocycles. The van der Waals surface area contributed by atoms with Crippen molar-refractivity contribution in [2.24, 2.45) is 0 Å². The van der Waals surface area contributed by atoms with Crippen molar-refractivity contribution in [3.63, 3.8) is 0 Å². The summed E-state index contributed by atoms with van der Waals surface area (Å²) >= 11 is 0. The average molecular weight is 280 g/mol. The molecule has 20 heavy (non-hydrogen) atoms. The summed E-state index contributed by atoms with van der Waals surface area (Å²) in [5.74, 6) is 1.58. The van der Waals surface area contributed by atoms with Gasteiger partial charge in [-0.1, -0.05) is 6.92 Å². The van der Waals surface area contributed by atoms with Crippen molar-refractivity contribution in [1.29, 1.82) is 0 Å². The minimum Gasteiger partial charge on any atom is -0.497 e. The van der Waals surface area contributed by atoms with Crippen molar-refractivity contribution < 1.29 is 19.0 Å². The van der Waals surface area contributed by atoms with Gasteiger partial charge >= 0.3 is 5.97 Å². The molecule has 0 bridgehead atoms. The highest BCUT2D eigenvalue weighted by molar-refractivity contribution is 5.68. The second-order valence-corrected chi connectivity index (χ2v) is 4.51. The van der Waals surface area contributed by atoms with E-state index in [9.17, 15) is 4.79 Å². The lowest BCUT2D eigenvalue weighted by Gasteiger charge is -2.07. The zero-order valence-corrected chi connectivity index (χ0v) is 12.4. The predicted molar refractivity (Wildman–Crippen MR) is 78.2 cm³/mol. The molecule has 0 aliphatic rings. The van der Waals surface area contributed by atoms with Gasteiger partial charge in [0.1, 0.15) is 11.5 Å². The quantitative estimate of drug-likeness (QED) is 0.485. The van der Waals surface area contributed by atoms with E-state index < -0.39 is 0 Å². The Bertz CT molecular complexity index is 373. The number of carbonyl (C=O) groups excluding carboxylic acids is 1. The van der Waals surface area contributed by atoms with Crippen LogP contribution in [0.2, 0.25) is 0 Å². The second kappa shape index (κ2) is 10.1. The van der Waals surface area contributed by atoms with Gasteiger partial charge in [-0.05, 0) is 49.9 Å². The molecule has 0 atom stereocenters. The lowest BCUT2D eigenvalue weighted by molar-refractivity contribution is -0.143. The number of hydrogen-bond acceptors (Lipinski definition) is 4. The van der Waals surface area contributed by atoms with E-state index in [-0.39, 0.29) is 5.97 Å². The Hall–Kier alpha value is -1.71. The summed E-state index contributed by atoms with van der Waals surface area (Å²) in [5, 5.41) is 0. The van der Waals surface area contributed by atoms with Crippen LogP contribution in [0, 0.1) is 0 Å². The van der Waals surface area contributed by atoms with Crippen LogP contribution in [0.1, 0.15) is 39.0 Å². The van der Waals surface area contributed by atoms with Gasteiger partial charge in [0.05, 0.1) is 20.3 Å². The molecule has 0 N–H and O–H groups in total. The molecule has 0 radical (unpaired) electrons. The van der Waals surface area contributed by atoms with Gasteiger partial charge in [0.2, 0.25) is 0 Å². The van der Waals surface area contributed by atoms with Gasteiger partial charge < -0.3 is 14.2 Å². The molecule has 1 rings (SSSR count). The van der Waals surface area contributed by atoms with Crippen molar-refractivity contribution in [1.82, 2.24) is 0 Å². The van der Waals surface area contributed by atoms with E-state index in [0.717, 1.165) is 37.2 Å². The van der Waals surface area contributed by atoms with Gasteiger partial charge in [-0.3, -0.25) is 4.79 Å². The monoisotopic (exact) mass is 280 g/mol. The molecule has 0 unspecified atom stereocenters. The van der Waals surface area contributed by atoms with E-state index in [1.165, 1.54) is 0 Å². The van der Waals surface area contributed by atoms with Gasteiger partial charge in [-0.25, -0.2) is 0 Å². The first kappa shape index (κ1) is 16.3. The molecule has 1 aromatic carbocycles. The topological polar surface area (TPSA) is 44.8 Å². The first-order chi connectivity index (χ1) is 9.76. The smallest absolute Gasteiger partial charge is 0.305 e. The summed E-state index contributed by atoms with van der Waals surface area (Å²) in [6.07, 6.45) is 4.53. The molecule has 0 saturated carbocycles. The summed E-state index contributed by atoms with van der Waals surface area (Å²) in [7, 11) is 1.65. The van der Waals surface area contributed by atoms with Crippen LogP contribution in [0.5, 0.6) is 11.5 Å². The van der Waals surface area contributed by atoms with E-state index in [4.69, 9.17) is 14.2 Å². The fourth-order valence-electron chi connectivity index (χ4n) is 1.71. The van der Waals surface area contributed by atoms with Crippen LogP contribution in [0.3, 0.4) is 0 Å². The normalized spacial score (nSPS) is 10.1. The zero-order chi connectivity index (χ0) is 14.6. The number of esters is 1. The minimum atomic E-state index is -0.118. The highest BCUT2D eigenvalue weighted by Crippen LogP contribution is 2.17. The molecule has 0 amide bonds. The standard InChI is InChI=1S/C16H24O4/c1-3-16(17)20-13-7-5-4-6-12-19-15-10-8-14(18-2)9-11-15/h8-11H,3-7,12-13H2,1-2H3. The van der Waals surface area contributed by atoms with Crippen LogP contribution in [-0.4, -0.2) is 26.3 Å². The van der Waals surface area contributed by atoms with Crippen LogP contribution < -0.4 is 9.47 Å². The number of rotatable bonds is 10. The maximum atomic E-state index is 10.9. The van der Waals surface area contributed by atoms with E-state index in [1.54, 1.807) is 14.0 Å². The van der Waals surface area contributed by atoms with Crippen LogP contribution in [0.15, 0.2) is 24.3 Å². The molecule has 0 aliphatic carbocycles. The Morgan fingerprint density at radius 2 is 1.55 bits per heavy atom. The van der Waals surface area contributed by atoms with Crippen molar-refractivity contribution in [2.75, 3.05) is 20.3 Å². The lowest BCUT2D eigenvalue weighted by Crippen LogP contribution is -2.04. The fourth-order valence-corrected chi connectivity index (χ4v) is 1.71. The van der Waals surface area contributed by atoms with Crippen molar-refractivity contribution in [3.05, 3.63) is 24.3 Å². The Kier molecular flexibility index (Phi) is 8.27. The number of ether oxygens (including phenoxy) is 3. The third kappa shape index (κ3) is 7.02. The van der Waals surface area contributed by atoms with Crippen molar-refractivity contribution >= 4 is 5.97 Å². The summed E-state index contributed by atoms with van der Waals surface area (Å²) in [4.78, 5) is 10.9. The average Bonchev–Trinajstić information content (AvgIpc) is 2.50. The van der Waals surface area contributed by atoms with Crippen molar-refractivity contribution in [2.45, 2.75) is 39.0 Å². The summed E-state index contributed by atoms with van der Waals surface area (Å²) < 4.78 is 15.7. The van der Waals surface area contributed by atoms with Gasteiger partial charge in [-0.2, -0.15) is 0 Å². The number of hydrogen-bond donors (Lipinski definition) is 0. The number of carbonyl (C=O) groups is 1. The molecule has 4 nitrogen and oxygen atoms in total. The summed E-state index contributed by atoms with van der Waals surface area (Å²) in [5.41, 5.74) is 0. The third-order valence-corrected chi connectivity index (χ3v) is 2.92. The summed E-state index contributed by atoms with van der Waals surface area (Å²) in [6.45, 7) is 3.05. The van der Waals surface area contributed by atoms with Gasteiger partial charge in [0.25, 0.3) is 0 Å². The highest BCUT2D eigenvalue weighted by atomic mass is 16.5. The van der Waals surface area contributed by atoms with E-state index in [0.29, 0.717) is 19.6 Å². The Morgan fingerprint density at radius 1 is 0.950 bits per heavy atom. The largest absolute Gasteiger partial charge is 0.497 e. The SMILES string of the molecule is CCC(=O)OCCCCCCOc1ccc(OC)cc1. The zero-order valence-electron chi connectivity index (χ0n) is 12.4. The molecular weight excluding hydrogens is 256 g/mol. The molecule has 0 heterocycles. The third-order valence-electron chi connectivity index (χ3n) is 2.92. The minimum absolute atomic E-state index is 0.118. The number of benzene rings is 1. The maximum absolute atomic E-state index is 10.9.